The molecular formula is C13H8ClNO2. The Labute approximate surface area is 104 Å². The monoisotopic (exact) mass is 245 g/mol. The summed E-state index contributed by atoms with van der Waals surface area (Å²) in [5.41, 5.74) is 1.70. The van der Waals surface area contributed by atoms with Gasteiger partial charge in [0.15, 0.2) is 0 Å². The zero-order valence-corrected chi connectivity index (χ0v) is 9.53. The second kappa shape index (κ2) is 4.11. The molecule has 2 aromatic rings. The molecule has 0 bridgehead atoms. The average Bonchev–Trinajstić information content (AvgIpc) is 2.32. The molecule has 4 heteroatoms. The molecular weight excluding hydrogens is 238 g/mol. The van der Waals surface area contributed by atoms with Crippen molar-refractivity contribution < 1.29 is 9.59 Å². The lowest BCUT2D eigenvalue weighted by atomic mass is 9.99. The third-order valence-electron chi connectivity index (χ3n) is 2.61. The van der Waals surface area contributed by atoms with E-state index in [1.807, 2.05) is 30.3 Å². The highest BCUT2D eigenvalue weighted by molar-refractivity contribution is 6.49. The molecule has 1 aromatic heterocycles. The average molecular weight is 246 g/mol. The second-order valence-electron chi connectivity index (χ2n) is 3.65. The van der Waals surface area contributed by atoms with E-state index in [1.165, 1.54) is 6.08 Å². The van der Waals surface area contributed by atoms with Gasteiger partial charge in [-0.1, -0.05) is 18.2 Å². The minimum Gasteiger partial charge on any atom is -0.285 e. The highest BCUT2D eigenvalue weighted by atomic mass is 35.5. The Morgan fingerprint density at radius 3 is 2.59 bits per heavy atom. The molecule has 1 aliphatic carbocycles. The maximum Gasteiger partial charge on any atom is 0.251 e. The molecule has 0 saturated heterocycles. The topological polar surface area (TPSA) is 47.0 Å². The highest BCUT2D eigenvalue weighted by Gasteiger charge is 2.22. The van der Waals surface area contributed by atoms with E-state index in [0.29, 0.717) is 5.56 Å². The fraction of sp³-hybridized carbons (Fsp3) is 0. The van der Waals surface area contributed by atoms with E-state index < -0.39 is 11.6 Å². The standard InChI is InChI=1S/C13H7NO2.ClH/c15-11-6-5-9-7-8-3-1-2-4-10(8)14-12(9)13(11)16;/h1-7H;1H. The first kappa shape index (κ1) is 11.5. The number of hydrogen-bond acceptors (Lipinski definition) is 3. The lowest BCUT2D eigenvalue weighted by molar-refractivity contribution is -0.111. The number of carbonyl (C=O) groups is 2. The van der Waals surface area contributed by atoms with Gasteiger partial charge in [-0.25, -0.2) is 4.98 Å². The lowest BCUT2D eigenvalue weighted by Gasteiger charge is -2.08. The number of aromatic nitrogens is 1. The van der Waals surface area contributed by atoms with Gasteiger partial charge in [0.25, 0.3) is 5.78 Å². The summed E-state index contributed by atoms with van der Waals surface area (Å²) >= 11 is 0. The number of nitrogens with zero attached hydrogens (tertiary/aromatic N) is 1. The van der Waals surface area contributed by atoms with Gasteiger partial charge >= 0.3 is 0 Å². The zero-order chi connectivity index (χ0) is 11.1. The fourth-order valence-electron chi connectivity index (χ4n) is 1.80. The van der Waals surface area contributed by atoms with Crippen LogP contribution in [0, 0.1) is 0 Å². The minimum atomic E-state index is -0.525. The summed E-state index contributed by atoms with van der Waals surface area (Å²) in [6.07, 6.45) is 2.93. The van der Waals surface area contributed by atoms with Crippen LogP contribution in [0.15, 0.2) is 36.4 Å². The Morgan fingerprint density at radius 2 is 1.76 bits per heavy atom. The van der Waals surface area contributed by atoms with Crippen LogP contribution in [-0.2, 0) is 4.79 Å². The molecule has 0 saturated carbocycles. The number of fused-ring (bicyclic) bond motifs is 2. The summed E-state index contributed by atoms with van der Waals surface area (Å²) in [4.78, 5) is 27.0. The molecule has 0 fully saturated rings. The molecule has 1 aliphatic rings. The molecule has 1 heterocycles. The Hall–Kier alpha value is -2.00. The predicted octanol–water partition coefficient (Wildman–Crippen LogP) is 2.44. The van der Waals surface area contributed by atoms with Crippen molar-refractivity contribution in [3.8, 4) is 0 Å². The van der Waals surface area contributed by atoms with Crippen LogP contribution in [0.3, 0.4) is 0 Å². The number of carbonyl (C=O) groups excluding carboxylic acids is 2. The van der Waals surface area contributed by atoms with Crippen molar-refractivity contribution >= 4 is 41.0 Å². The maximum absolute atomic E-state index is 11.6. The Kier molecular flexibility index (Phi) is 2.77. The molecule has 0 unspecified atom stereocenters. The van der Waals surface area contributed by atoms with E-state index in [-0.39, 0.29) is 18.1 Å². The molecule has 0 radical (unpaired) electrons. The smallest absolute Gasteiger partial charge is 0.251 e. The predicted molar refractivity (Wildman–Crippen MR) is 67.4 cm³/mol. The summed E-state index contributed by atoms with van der Waals surface area (Å²) in [7, 11) is 0. The Morgan fingerprint density at radius 1 is 1.00 bits per heavy atom. The van der Waals surface area contributed by atoms with Crippen molar-refractivity contribution in [1.29, 1.82) is 0 Å². The number of hydrogen-bond donors (Lipinski definition) is 0. The first-order chi connectivity index (χ1) is 7.75. The zero-order valence-electron chi connectivity index (χ0n) is 8.71. The first-order valence-electron chi connectivity index (χ1n) is 4.92. The van der Waals surface area contributed by atoms with Gasteiger partial charge in [0.2, 0.25) is 5.78 Å². The van der Waals surface area contributed by atoms with E-state index in [0.717, 1.165) is 10.9 Å². The summed E-state index contributed by atoms with van der Waals surface area (Å²) < 4.78 is 0. The summed E-state index contributed by atoms with van der Waals surface area (Å²) in [6, 6.07) is 9.39. The number of rotatable bonds is 0. The van der Waals surface area contributed by atoms with Gasteiger partial charge < -0.3 is 0 Å². The van der Waals surface area contributed by atoms with Crippen molar-refractivity contribution in [2.45, 2.75) is 0 Å². The van der Waals surface area contributed by atoms with Crippen molar-refractivity contribution in [3.05, 3.63) is 47.7 Å². The number of para-hydroxylation sites is 1. The van der Waals surface area contributed by atoms with Crippen molar-refractivity contribution in [3.63, 3.8) is 0 Å². The van der Waals surface area contributed by atoms with E-state index >= 15 is 0 Å². The van der Waals surface area contributed by atoms with Gasteiger partial charge in [-0.05, 0) is 24.3 Å². The van der Waals surface area contributed by atoms with Crippen LogP contribution in [0.4, 0.5) is 0 Å². The molecule has 17 heavy (non-hydrogen) atoms. The Bertz CT molecular complexity index is 662. The van der Waals surface area contributed by atoms with Crippen LogP contribution in [0.2, 0.25) is 0 Å². The molecule has 0 aliphatic heterocycles. The van der Waals surface area contributed by atoms with Gasteiger partial charge in [0.1, 0.15) is 5.69 Å². The van der Waals surface area contributed by atoms with Crippen LogP contribution < -0.4 is 0 Å². The molecule has 0 spiro atoms. The third-order valence-corrected chi connectivity index (χ3v) is 2.61. The second-order valence-corrected chi connectivity index (χ2v) is 3.65. The third kappa shape index (κ3) is 1.74. The van der Waals surface area contributed by atoms with Gasteiger partial charge in [-0.3, -0.25) is 9.59 Å². The first-order valence-corrected chi connectivity index (χ1v) is 4.92. The van der Waals surface area contributed by atoms with Gasteiger partial charge in [0, 0.05) is 10.9 Å². The normalized spacial score (nSPS) is 13.4. The highest BCUT2D eigenvalue weighted by Crippen LogP contribution is 2.21. The molecule has 0 atom stereocenters. The lowest BCUT2D eigenvalue weighted by Crippen LogP contribution is -2.17. The summed E-state index contributed by atoms with van der Waals surface area (Å²) in [5, 5.41) is 0.966. The number of pyridine rings is 1. The Balaban J connectivity index is 0.00000108. The van der Waals surface area contributed by atoms with Crippen LogP contribution in [-0.4, -0.2) is 16.6 Å². The van der Waals surface area contributed by atoms with E-state index in [9.17, 15) is 9.59 Å². The number of allylic oxidation sites excluding steroid dienone is 1. The van der Waals surface area contributed by atoms with Crippen molar-refractivity contribution in [2.24, 2.45) is 0 Å². The van der Waals surface area contributed by atoms with Crippen molar-refractivity contribution in [1.82, 2.24) is 4.98 Å². The number of halogens is 1. The van der Waals surface area contributed by atoms with Gasteiger partial charge in [-0.15, -0.1) is 12.4 Å². The quantitative estimate of drug-likeness (QED) is 0.670. The SMILES string of the molecule is Cl.O=C1C=Cc2cc3ccccc3nc2C1=O. The molecule has 0 N–H and O–H groups in total. The fourth-order valence-corrected chi connectivity index (χ4v) is 1.80. The number of ketones is 2. The molecule has 84 valence electrons. The van der Waals surface area contributed by atoms with Crippen LogP contribution in [0.1, 0.15) is 16.1 Å². The molecule has 3 nitrogen and oxygen atoms in total. The largest absolute Gasteiger partial charge is 0.285 e. The maximum atomic E-state index is 11.6. The number of benzene rings is 1. The van der Waals surface area contributed by atoms with Crippen LogP contribution >= 0.6 is 12.4 Å². The van der Waals surface area contributed by atoms with Gasteiger partial charge in [0.05, 0.1) is 5.52 Å². The van der Waals surface area contributed by atoms with Gasteiger partial charge in [-0.2, -0.15) is 0 Å². The van der Waals surface area contributed by atoms with E-state index in [2.05, 4.69) is 4.98 Å². The van der Waals surface area contributed by atoms with E-state index in [1.54, 1.807) is 6.08 Å². The number of Topliss-reactive ketones (excluding diaryl/α,β-unsaturated/α-hetero) is 1. The van der Waals surface area contributed by atoms with Crippen LogP contribution in [0.5, 0.6) is 0 Å². The molecule has 3 rings (SSSR count). The molecule has 1 aromatic carbocycles. The summed E-state index contributed by atoms with van der Waals surface area (Å²) in [5.74, 6) is -1.03. The minimum absolute atomic E-state index is 0. The molecule has 0 amide bonds. The summed E-state index contributed by atoms with van der Waals surface area (Å²) in [6.45, 7) is 0. The van der Waals surface area contributed by atoms with Crippen molar-refractivity contribution in [2.75, 3.05) is 0 Å². The van der Waals surface area contributed by atoms with E-state index in [4.69, 9.17) is 0 Å². The van der Waals surface area contributed by atoms with Crippen LogP contribution in [0.25, 0.3) is 17.0 Å².